The van der Waals surface area contributed by atoms with Gasteiger partial charge in [0.15, 0.2) is 0 Å². The lowest BCUT2D eigenvalue weighted by Crippen LogP contribution is -2.39. The Bertz CT molecular complexity index is 770. The number of aliphatic hydroxyl groups is 1. The van der Waals surface area contributed by atoms with E-state index in [-0.39, 0.29) is 0 Å². The summed E-state index contributed by atoms with van der Waals surface area (Å²) >= 11 is 0. The van der Waals surface area contributed by atoms with Crippen molar-refractivity contribution < 1.29 is 5.11 Å². The van der Waals surface area contributed by atoms with Crippen LogP contribution in [0.2, 0.25) is 0 Å². The molecule has 0 unspecified atom stereocenters. The van der Waals surface area contributed by atoms with Gasteiger partial charge in [-0.15, -0.1) is 0 Å². The van der Waals surface area contributed by atoms with Crippen LogP contribution in [0.15, 0.2) is 18.3 Å². The number of hydrogen-bond donors (Lipinski definition) is 2. The molecule has 4 nitrogen and oxygen atoms in total. The zero-order valence-electron chi connectivity index (χ0n) is 13.8. The monoisotopic (exact) mass is 309 g/mol. The molecule has 3 rings (SSSR count). The molecule has 23 heavy (non-hydrogen) atoms. The van der Waals surface area contributed by atoms with Gasteiger partial charge in [0.05, 0.1) is 22.4 Å². The van der Waals surface area contributed by atoms with Gasteiger partial charge in [-0.05, 0) is 38.3 Å². The van der Waals surface area contributed by atoms with Crippen LogP contribution in [-0.4, -0.2) is 22.2 Å². The number of aryl methyl sites for hydroxylation is 2. The van der Waals surface area contributed by atoms with Gasteiger partial charge in [0.25, 0.3) is 0 Å². The van der Waals surface area contributed by atoms with Gasteiger partial charge >= 0.3 is 0 Å². The fraction of sp³-hybridized carbons (Fsp3) is 0.474. The van der Waals surface area contributed by atoms with Gasteiger partial charge in [-0.25, -0.2) is 0 Å². The van der Waals surface area contributed by atoms with E-state index in [0.29, 0.717) is 12.1 Å². The van der Waals surface area contributed by atoms with Crippen LogP contribution in [-0.2, 0) is 0 Å². The topological polar surface area (TPSA) is 68.9 Å². The van der Waals surface area contributed by atoms with Gasteiger partial charge in [-0.1, -0.05) is 30.9 Å². The van der Waals surface area contributed by atoms with Crippen molar-refractivity contribution in [2.75, 3.05) is 11.9 Å². The van der Waals surface area contributed by atoms with E-state index >= 15 is 0 Å². The summed E-state index contributed by atoms with van der Waals surface area (Å²) in [5, 5.41) is 24.5. The summed E-state index contributed by atoms with van der Waals surface area (Å²) in [6.45, 7) is 4.56. The second-order valence-corrected chi connectivity index (χ2v) is 6.78. The number of benzene rings is 1. The lowest BCUT2D eigenvalue weighted by molar-refractivity contribution is 0.0167. The highest BCUT2D eigenvalue weighted by Gasteiger charge is 2.29. The van der Waals surface area contributed by atoms with Gasteiger partial charge in [-0.2, -0.15) is 5.26 Å². The molecule has 0 atom stereocenters. The van der Waals surface area contributed by atoms with Crippen LogP contribution in [0.3, 0.4) is 0 Å². The Hall–Kier alpha value is -2.12. The molecule has 1 heterocycles. The molecule has 120 valence electrons. The van der Waals surface area contributed by atoms with Gasteiger partial charge in [0.2, 0.25) is 0 Å². The SMILES string of the molecule is Cc1cc(C)c2ncc(C#N)c(NCC3(O)CCCCC3)c2c1. The molecule has 1 aliphatic carbocycles. The van der Waals surface area contributed by atoms with Crippen LogP contribution >= 0.6 is 0 Å². The normalized spacial score (nSPS) is 17.0. The molecule has 0 bridgehead atoms. The van der Waals surface area contributed by atoms with E-state index in [0.717, 1.165) is 53.4 Å². The Labute approximate surface area is 137 Å². The number of nitrogens with one attached hydrogen (secondary N) is 1. The van der Waals surface area contributed by atoms with E-state index in [4.69, 9.17) is 0 Å². The summed E-state index contributed by atoms with van der Waals surface area (Å²) in [6, 6.07) is 6.38. The average Bonchev–Trinajstić information content (AvgIpc) is 2.53. The third-order valence-corrected chi connectivity index (χ3v) is 4.81. The maximum absolute atomic E-state index is 10.7. The third kappa shape index (κ3) is 3.16. The first-order valence-electron chi connectivity index (χ1n) is 8.29. The van der Waals surface area contributed by atoms with Crippen LogP contribution < -0.4 is 5.32 Å². The predicted octanol–water partition coefficient (Wildman–Crippen LogP) is 3.83. The van der Waals surface area contributed by atoms with E-state index in [1.54, 1.807) is 6.20 Å². The highest BCUT2D eigenvalue weighted by Crippen LogP contribution is 2.32. The van der Waals surface area contributed by atoms with Crippen molar-refractivity contribution in [1.82, 2.24) is 4.98 Å². The van der Waals surface area contributed by atoms with E-state index in [2.05, 4.69) is 28.5 Å². The fourth-order valence-electron chi connectivity index (χ4n) is 3.58. The first kappa shape index (κ1) is 15.8. The van der Waals surface area contributed by atoms with Gasteiger partial charge in [0, 0.05) is 18.1 Å². The zero-order chi connectivity index (χ0) is 16.4. The maximum atomic E-state index is 10.7. The second-order valence-electron chi connectivity index (χ2n) is 6.78. The molecule has 1 aromatic carbocycles. The summed E-state index contributed by atoms with van der Waals surface area (Å²) in [6.07, 6.45) is 6.60. The number of nitriles is 1. The Morgan fingerprint density at radius 3 is 2.70 bits per heavy atom. The summed E-state index contributed by atoms with van der Waals surface area (Å²) < 4.78 is 0. The smallest absolute Gasteiger partial charge is 0.103 e. The molecular formula is C19H23N3O. The standard InChI is InChI=1S/C19H23N3O/c1-13-8-14(2)17-16(9-13)18(15(10-20)11-21-17)22-12-19(23)6-4-3-5-7-19/h8-9,11,23H,3-7,12H2,1-2H3,(H,21,22). The zero-order valence-corrected chi connectivity index (χ0v) is 13.8. The maximum Gasteiger partial charge on any atom is 0.103 e. The Balaban J connectivity index is 1.99. The molecule has 1 aliphatic rings. The number of nitrogens with zero attached hydrogens (tertiary/aromatic N) is 2. The van der Waals surface area contributed by atoms with Crippen LogP contribution in [0.5, 0.6) is 0 Å². The minimum absolute atomic E-state index is 0.480. The molecule has 1 aromatic heterocycles. The third-order valence-electron chi connectivity index (χ3n) is 4.81. The summed E-state index contributed by atoms with van der Waals surface area (Å²) in [5.41, 5.74) is 3.81. The number of anilines is 1. The molecule has 4 heteroatoms. The van der Waals surface area contributed by atoms with Gasteiger partial charge in [0.1, 0.15) is 6.07 Å². The van der Waals surface area contributed by atoms with Crippen LogP contribution in [0.4, 0.5) is 5.69 Å². The second kappa shape index (κ2) is 6.17. The molecule has 1 fully saturated rings. The molecule has 0 radical (unpaired) electrons. The minimum Gasteiger partial charge on any atom is -0.388 e. The molecule has 2 aromatic rings. The Kier molecular flexibility index (Phi) is 4.23. The molecule has 0 saturated heterocycles. The largest absolute Gasteiger partial charge is 0.388 e. The molecule has 0 spiro atoms. The highest BCUT2D eigenvalue weighted by molar-refractivity contribution is 5.96. The van der Waals surface area contributed by atoms with Crippen molar-refractivity contribution >= 4 is 16.6 Å². The van der Waals surface area contributed by atoms with Crippen molar-refractivity contribution in [3.05, 3.63) is 35.0 Å². The lowest BCUT2D eigenvalue weighted by Gasteiger charge is -2.32. The first-order valence-corrected chi connectivity index (χ1v) is 8.29. The van der Waals surface area contributed by atoms with E-state index in [1.807, 2.05) is 13.8 Å². The predicted molar refractivity (Wildman–Crippen MR) is 92.5 cm³/mol. The number of fused-ring (bicyclic) bond motifs is 1. The quantitative estimate of drug-likeness (QED) is 0.904. The van der Waals surface area contributed by atoms with Gasteiger partial charge in [-0.3, -0.25) is 4.98 Å². The number of aromatic nitrogens is 1. The molecular weight excluding hydrogens is 286 g/mol. The van der Waals surface area contributed by atoms with Crippen LogP contribution in [0, 0.1) is 25.2 Å². The fourth-order valence-corrected chi connectivity index (χ4v) is 3.58. The molecule has 0 aliphatic heterocycles. The van der Waals surface area contributed by atoms with Crippen molar-refractivity contribution in [3.8, 4) is 6.07 Å². The van der Waals surface area contributed by atoms with Crippen LogP contribution in [0.25, 0.3) is 10.9 Å². The van der Waals surface area contributed by atoms with Gasteiger partial charge < -0.3 is 10.4 Å². The highest BCUT2D eigenvalue weighted by atomic mass is 16.3. The van der Waals surface area contributed by atoms with E-state index in [9.17, 15) is 10.4 Å². The average molecular weight is 309 g/mol. The number of rotatable bonds is 3. The molecule has 2 N–H and O–H groups in total. The minimum atomic E-state index is -0.667. The van der Waals surface area contributed by atoms with Crippen molar-refractivity contribution in [1.29, 1.82) is 5.26 Å². The van der Waals surface area contributed by atoms with Crippen molar-refractivity contribution in [2.24, 2.45) is 0 Å². The Morgan fingerprint density at radius 2 is 2.00 bits per heavy atom. The van der Waals surface area contributed by atoms with Crippen molar-refractivity contribution in [2.45, 2.75) is 51.6 Å². The van der Waals surface area contributed by atoms with E-state index in [1.165, 1.54) is 6.42 Å². The first-order chi connectivity index (χ1) is 11.0. The summed E-state index contributed by atoms with van der Waals surface area (Å²) in [4.78, 5) is 4.44. The summed E-state index contributed by atoms with van der Waals surface area (Å²) in [7, 11) is 0. The van der Waals surface area contributed by atoms with Crippen LogP contribution in [0.1, 0.15) is 48.8 Å². The van der Waals surface area contributed by atoms with E-state index < -0.39 is 5.60 Å². The lowest BCUT2D eigenvalue weighted by atomic mass is 9.85. The number of pyridine rings is 1. The van der Waals surface area contributed by atoms with Crippen molar-refractivity contribution in [3.63, 3.8) is 0 Å². The number of hydrogen-bond acceptors (Lipinski definition) is 4. The Morgan fingerprint density at radius 1 is 1.26 bits per heavy atom. The molecule has 1 saturated carbocycles. The summed E-state index contributed by atoms with van der Waals surface area (Å²) in [5.74, 6) is 0. The molecule has 0 amide bonds.